The minimum absolute atomic E-state index is 0.593. The van der Waals surface area contributed by atoms with Gasteiger partial charge in [0.25, 0.3) is 0 Å². The van der Waals surface area contributed by atoms with Crippen LogP contribution >= 0.6 is 0 Å². The summed E-state index contributed by atoms with van der Waals surface area (Å²) < 4.78 is 0. The first-order chi connectivity index (χ1) is 10.9. The van der Waals surface area contributed by atoms with Crippen molar-refractivity contribution in [1.29, 1.82) is 0 Å². The molecule has 0 amide bonds. The Morgan fingerprint density at radius 2 is 0.478 bits per heavy atom. The number of hydrogen-bond acceptors (Lipinski definition) is 0. The zero-order valence-corrected chi connectivity index (χ0v) is 18.0. The lowest BCUT2D eigenvalue weighted by atomic mass is 9.65. The fourth-order valence-corrected chi connectivity index (χ4v) is 4.70. The molecule has 0 saturated carbocycles. The maximum absolute atomic E-state index is 2.44. The molecule has 0 aliphatic heterocycles. The van der Waals surface area contributed by atoms with Crippen LogP contribution in [0.4, 0.5) is 0 Å². The third-order valence-electron chi connectivity index (χ3n) is 8.37. The van der Waals surface area contributed by atoms with Gasteiger partial charge in [-0.2, -0.15) is 0 Å². The van der Waals surface area contributed by atoms with Gasteiger partial charge in [0.05, 0.1) is 0 Å². The zero-order chi connectivity index (χ0) is 18.0. The lowest BCUT2D eigenvalue weighted by Gasteiger charge is -2.41. The molecular weight excluding hydrogens is 276 g/mol. The van der Waals surface area contributed by atoms with Gasteiger partial charge < -0.3 is 0 Å². The molecule has 0 radical (unpaired) electrons. The van der Waals surface area contributed by atoms with Gasteiger partial charge in [-0.1, -0.05) is 107 Å². The van der Waals surface area contributed by atoms with Gasteiger partial charge in [0, 0.05) is 0 Å². The minimum atomic E-state index is 0.593. The third-order valence-corrected chi connectivity index (χ3v) is 8.37. The van der Waals surface area contributed by atoms with Crippen LogP contribution in [0.5, 0.6) is 0 Å². The van der Waals surface area contributed by atoms with E-state index in [1.807, 2.05) is 0 Å². The van der Waals surface area contributed by atoms with E-state index in [-0.39, 0.29) is 0 Å². The van der Waals surface area contributed by atoms with Crippen molar-refractivity contribution >= 4 is 0 Å². The summed E-state index contributed by atoms with van der Waals surface area (Å²) in [6, 6.07) is 0. The average Bonchev–Trinajstić information content (AvgIpc) is 2.63. The van der Waals surface area contributed by atoms with E-state index in [2.05, 4.69) is 55.4 Å². The molecular formula is C23H48. The molecule has 23 heavy (non-hydrogen) atoms. The van der Waals surface area contributed by atoms with Crippen LogP contribution in [0.15, 0.2) is 0 Å². The topological polar surface area (TPSA) is 0 Å². The van der Waals surface area contributed by atoms with E-state index in [0.29, 0.717) is 16.2 Å². The first kappa shape index (κ1) is 23.0. The summed E-state index contributed by atoms with van der Waals surface area (Å²) >= 11 is 0. The lowest BCUT2D eigenvalue weighted by molar-refractivity contribution is 0.111. The van der Waals surface area contributed by atoms with Crippen LogP contribution in [-0.2, 0) is 0 Å². The van der Waals surface area contributed by atoms with Crippen LogP contribution in [0.3, 0.4) is 0 Å². The van der Waals surface area contributed by atoms with Crippen molar-refractivity contribution in [2.24, 2.45) is 16.2 Å². The minimum Gasteiger partial charge on any atom is -0.0649 e. The molecule has 0 heterocycles. The predicted molar refractivity (Wildman–Crippen MR) is 108 cm³/mol. The largest absolute Gasteiger partial charge is 0.0649 e. The van der Waals surface area contributed by atoms with Gasteiger partial charge in [0.2, 0.25) is 0 Å². The molecule has 140 valence electrons. The Balaban J connectivity index is 4.99. The molecule has 0 atom stereocenters. The molecule has 0 rings (SSSR count). The summed E-state index contributed by atoms with van der Waals surface area (Å²) in [6.07, 6.45) is 16.6. The molecule has 0 heteroatoms. The highest BCUT2D eigenvalue weighted by atomic mass is 14.4. The molecule has 0 unspecified atom stereocenters. The van der Waals surface area contributed by atoms with Gasteiger partial charge in [0.1, 0.15) is 0 Å². The van der Waals surface area contributed by atoms with Gasteiger partial charge in [-0.15, -0.1) is 0 Å². The van der Waals surface area contributed by atoms with E-state index in [9.17, 15) is 0 Å². The van der Waals surface area contributed by atoms with E-state index < -0.39 is 0 Å². The standard InChI is InChI=1S/C23H48/c1-9-21(10-2,11-3)17-19-23(15-7,16-8)20-18-22(12-4,13-5)14-6/h9-20H2,1-8H3. The average molecular weight is 325 g/mol. The molecule has 0 fully saturated rings. The Morgan fingerprint density at radius 1 is 0.304 bits per heavy atom. The van der Waals surface area contributed by atoms with Crippen molar-refractivity contribution in [2.45, 2.75) is 132 Å². The van der Waals surface area contributed by atoms with Crippen LogP contribution in [0.25, 0.3) is 0 Å². The molecule has 0 aromatic heterocycles. The molecule has 0 bridgehead atoms. The van der Waals surface area contributed by atoms with Crippen LogP contribution in [0, 0.1) is 16.2 Å². The van der Waals surface area contributed by atoms with Crippen molar-refractivity contribution in [3.05, 3.63) is 0 Å². The van der Waals surface area contributed by atoms with Gasteiger partial charge in [0.15, 0.2) is 0 Å². The van der Waals surface area contributed by atoms with Gasteiger partial charge in [-0.05, 0) is 41.9 Å². The second kappa shape index (κ2) is 10.8. The highest BCUT2D eigenvalue weighted by molar-refractivity contribution is 4.86. The van der Waals surface area contributed by atoms with Crippen LogP contribution in [0.1, 0.15) is 132 Å². The zero-order valence-electron chi connectivity index (χ0n) is 18.0. The molecule has 0 N–H and O–H groups in total. The van der Waals surface area contributed by atoms with Crippen molar-refractivity contribution < 1.29 is 0 Å². The SMILES string of the molecule is CCC(CC)(CC)CCC(CC)(CC)CCC(CC)(CC)CC. The highest BCUT2D eigenvalue weighted by Gasteiger charge is 2.34. The van der Waals surface area contributed by atoms with E-state index >= 15 is 0 Å². The summed E-state index contributed by atoms with van der Waals surface area (Å²) in [4.78, 5) is 0. The Morgan fingerprint density at radius 3 is 0.652 bits per heavy atom. The summed E-state index contributed by atoms with van der Waals surface area (Å²) in [5.41, 5.74) is 1.80. The Kier molecular flexibility index (Phi) is 10.8. The second-order valence-electron chi connectivity index (χ2n) is 8.33. The van der Waals surface area contributed by atoms with E-state index in [4.69, 9.17) is 0 Å². The quantitative estimate of drug-likeness (QED) is 0.299. The summed E-state index contributed by atoms with van der Waals surface area (Å²) in [5.74, 6) is 0. The summed E-state index contributed by atoms with van der Waals surface area (Å²) in [5, 5.41) is 0. The fourth-order valence-electron chi connectivity index (χ4n) is 4.70. The molecule has 0 aromatic rings. The second-order valence-corrected chi connectivity index (χ2v) is 8.33. The maximum atomic E-state index is 2.44. The van der Waals surface area contributed by atoms with Crippen molar-refractivity contribution in [3.8, 4) is 0 Å². The molecule has 0 spiro atoms. The van der Waals surface area contributed by atoms with Crippen molar-refractivity contribution in [3.63, 3.8) is 0 Å². The normalized spacial score (nSPS) is 13.6. The Labute approximate surface area is 149 Å². The number of hydrogen-bond donors (Lipinski definition) is 0. The lowest BCUT2D eigenvalue weighted by Crippen LogP contribution is -2.28. The first-order valence-electron chi connectivity index (χ1n) is 10.9. The van der Waals surface area contributed by atoms with Gasteiger partial charge in [-0.3, -0.25) is 0 Å². The van der Waals surface area contributed by atoms with E-state index in [1.165, 1.54) is 77.0 Å². The maximum Gasteiger partial charge on any atom is -0.0302 e. The predicted octanol–water partition coefficient (Wildman–Crippen LogP) is 8.79. The van der Waals surface area contributed by atoms with Crippen LogP contribution in [-0.4, -0.2) is 0 Å². The monoisotopic (exact) mass is 324 g/mol. The smallest absolute Gasteiger partial charge is 0.0302 e. The third kappa shape index (κ3) is 6.09. The van der Waals surface area contributed by atoms with Gasteiger partial charge in [-0.25, -0.2) is 0 Å². The summed E-state index contributed by atoms with van der Waals surface area (Å²) in [6.45, 7) is 19.3. The van der Waals surface area contributed by atoms with Gasteiger partial charge >= 0.3 is 0 Å². The number of rotatable bonds is 14. The first-order valence-corrected chi connectivity index (χ1v) is 10.9. The van der Waals surface area contributed by atoms with E-state index in [1.54, 1.807) is 0 Å². The Bertz CT molecular complexity index is 234. The van der Waals surface area contributed by atoms with Crippen LogP contribution in [0.2, 0.25) is 0 Å². The fraction of sp³-hybridized carbons (Fsp3) is 1.00. The van der Waals surface area contributed by atoms with E-state index in [0.717, 1.165) is 0 Å². The van der Waals surface area contributed by atoms with Crippen molar-refractivity contribution in [1.82, 2.24) is 0 Å². The highest BCUT2D eigenvalue weighted by Crippen LogP contribution is 2.47. The molecule has 0 aromatic carbocycles. The Hall–Kier alpha value is 0. The molecule has 0 aliphatic carbocycles. The molecule has 0 saturated heterocycles. The van der Waals surface area contributed by atoms with Crippen LogP contribution < -0.4 is 0 Å². The molecule has 0 nitrogen and oxygen atoms in total. The molecule has 0 aliphatic rings. The summed E-state index contributed by atoms with van der Waals surface area (Å²) in [7, 11) is 0. The van der Waals surface area contributed by atoms with Crippen molar-refractivity contribution in [2.75, 3.05) is 0 Å².